The minimum Gasteiger partial charge on any atom is -0.486 e. The molecule has 2 aromatic rings. The molecule has 4 rings (SSSR count). The summed E-state index contributed by atoms with van der Waals surface area (Å²) >= 11 is 0. The van der Waals surface area contributed by atoms with Crippen LogP contribution in [0.15, 0.2) is 30.6 Å². The predicted molar refractivity (Wildman–Crippen MR) is 93.8 cm³/mol. The second kappa shape index (κ2) is 7.45. The van der Waals surface area contributed by atoms with Gasteiger partial charge in [0.25, 0.3) is 0 Å². The maximum atomic E-state index is 5.84. The van der Waals surface area contributed by atoms with Crippen LogP contribution in [0.5, 0.6) is 11.5 Å². The van der Waals surface area contributed by atoms with E-state index < -0.39 is 0 Å². The summed E-state index contributed by atoms with van der Waals surface area (Å²) in [6, 6.07) is 6.28. The Hall–Kier alpha value is -2.05. The fourth-order valence-electron chi connectivity index (χ4n) is 3.69. The second-order valence-corrected chi connectivity index (χ2v) is 6.65. The van der Waals surface area contributed by atoms with Crippen LogP contribution < -0.4 is 14.8 Å². The van der Waals surface area contributed by atoms with Gasteiger partial charge in [-0.2, -0.15) is 0 Å². The largest absolute Gasteiger partial charge is 0.486 e. The number of hydrogen-bond donors (Lipinski definition) is 1. The maximum Gasteiger partial charge on any atom is 0.165 e. The molecule has 0 saturated carbocycles. The Morgan fingerprint density at radius 2 is 2.04 bits per heavy atom. The molecule has 6 nitrogen and oxygen atoms in total. The van der Waals surface area contributed by atoms with Crippen LogP contribution in [-0.4, -0.2) is 36.0 Å². The topological polar surface area (TPSA) is 57.5 Å². The second-order valence-electron chi connectivity index (χ2n) is 6.65. The molecule has 0 radical (unpaired) electrons. The van der Waals surface area contributed by atoms with Crippen molar-refractivity contribution < 1.29 is 14.2 Å². The number of imidazole rings is 1. The molecular formula is C19H25N3O3. The molecule has 0 spiro atoms. The van der Waals surface area contributed by atoms with Gasteiger partial charge in [0, 0.05) is 44.8 Å². The van der Waals surface area contributed by atoms with Crippen molar-refractivity contribution in [1.29, 1.82) is 0 Å². The molecule has 1 atom stereocenters. The third-order valence-electron chi connectivity index (χ3n) is 5.03. The fraction of sp³-hybridized carbons (Fsp3) is 0.526. The number of hydrogen-bond acceptors (Lipinski definition) is 5. The quantitative estimate of drug-likeness (QED) is 0.904. The van der Waals surface area contributed by atoms with Gasteiger partial charge in [-0.05, 0) is 24.8 Å². The van der Waals surface area contributed by atoms with Crippen molar-refractivity contribution in [3.05, 3.63) is 42.0 Å². The van der Waals surface area contributed by atoms with E-state index in [1.165, 1.54) is 0 Å². The molecule has 25 heavy (non-hydrogen) atoms. The first-order valence-corrected chi connectivity index (χ1v) is 8.99. The summed E-state index contributed by atoms with van der Waals surface area (Å²) in [5.41, 5.74) is 1.13. The van der Waals surface area contributed by atoms with Gasteiger partial charge in [-0.25, -0.2) is 4.98 Å². The third kappa shape index (κ3) is 3.50. The number of benzene rings is 1. The first-order chi connectivity index (χ1) is 12.3. The summed E-state index contributed by atoms with van der Waals surface area (Å²) < 4.78 is 19.2. The molecule has 3 heterocycles. The summed E-state index contributed by atoms with van der Waals surface area (Å²) in [6.45, 7) is 3.59. The molecular weight excluding hydrogens is 318 g/mol. The molecule has 1 N–H and O–H groups in total. The number of aromatic nitrogens is 2. The average molecular weight is 343 g/mol. The number of rotatable bonds is 5. The highest BCUT2D eigenvalue weighted by atomic mass is 16.6. The molecule has 1 fully saturated rings. The first-order valence-electron chi connectivity index (χ1n) is 8.99. The number of nitrogens with one attached hydrogen (secondary N) is 1. The van der Waals surface area contributed by atoms with Gasteiger partial charge in [0.1, 0.15) is 19.0 Å². The molecule has 0 amide bonds. The Bertz CT molecular complexity index is 710. The van der Waals surface area contributed by atoms with Crippen molar-refractivity contribution in [2.24, 2.45) is 13.0 Å². The summed E-state index contributed by atoms with van der Waals surface area (Å²) in [7, 11) is 2.05. The smallest absolute Gasteiger partial charge is 0.165 e. The Morgan fingerprint density at radius 3 is 2.84 bits per heavy atom. The molecule has 1 aromatic heterocycles. The van der Waals surface area contributed by atoms with Gasteiger partial charge in [-0.3, -0.25) is 0 Å². The number of nitrogens with zero attached hydrogens (tertiary/aromatic N) is 2. The Labute approximate surface area is 148 Å². The molecule has 1 saturated heterocycles. The van der Waals surface area contributed by atoms with Crippen LogP contribution in [0.3, 0.4) is 0 Å². The van der Waals surface area contributed by atoms with Gasteiger partial charge < -0.3 is 24.1 Å². The van der Waals surface area contributed by atoms with Crippen molar-refractivity contribution in [2.75, 3.05) is 26.4 Å². The number of fused-ring (bicyclic) bond motifs is 1. The lowest BCUT2D eigenvalue weighted by atomic mass is 9.91. The van der Waals surface area contributed by atoms with Crippen LogP contribution in [0.4, 0.5) is 0 Å². The lowest BCUT2D eigenvalue weighted by molar-refractivity contribution is 0.0517. The molecule has 1 aromatic carbocycles. The minimum absolute atomic E-state index is 0.198. The van der Waals surface area contributed by atoms with Crippen molar-refractivity contribution in [1.82, 2.24) is 14.9 Å². The molecule has 2 aliphatic rings. The van der Waals surface area contributed by atoms with Crippen LogP contribution in [0, 0.1) is 5.92 Å². The number of aryl methyl sites for hydroxylation is 1. The Morgan fingerprint density at radius 1 is 1.20 bits per heavy atom. The van der Waals surface area contributed by atoms with Crippen LogP contribution in [0.1, 0.15) is 30.3 Å². The van der Waals surface area contributed by atoms with Crippen LogP contribution in [0.25, 0.3) is 0 Å². The van der Waals surface area contributed by atoms with E-state index in [0.29, 0.717) is 19.1 Å². The summed E-state index contributed by atoms with van der Waals surface area (Å²) in [5.74, 6) is 3.30. The molecule has 0 unspecified atom stereocenters. The molecule has 0 aliphatic carbocycles. The predicted octanol–water partition coefficient (Wildman–Crippen LogP) is 2.45. The van der Waals surface area contributed by atoms with E-state index >= 15 is 0 Å². The lowest BCUT2D eigenvalue weighted by Gasteiger charge is -2.31. The van der Waals surface area contributed by atoms with E-state index in [-0.39, 0.29) is 6.04 Å². The SMILES string of the molecule is Cn1ccnc1[C@H](NCc1cccc2c1OCCO2)C1CCOCC1. The highest BCUT2D eigenvalue weighted by Crippen LogP contribution is 2.35. The van der Waals surface area contributed by atoms with E-state index in [9.17, 15) is 0 Å². The van der Waals surface area contributed by atoms with Crippen molar-refractivity contribution >= 4 is 0 Å². The molecule has 0 bridgehead atoms. The van der Waals surface area contributed by atoms with E-state index in [2.05, 4.69) is 28.0 Å². The van der Waals surface area contributed by atoms with Crippen molar-refractivity contribution in [2.45, 2.75) is 25.4 Å². The zero-order valence-corrected chi connectivity index (χ0v) is 14.6. The summed E-state index contributed by atoms with van der Waals surface area (Å²) in [4.78, 5) is 4.59. The van der Waals surface area contributed by atoms with Gasteiger partial charge in [0.15, 0.2) is 11.5 Å². The Kier molecular flexibility index (Phi) is 4.90. The summed E-state index contributed by atoms with van der Waals surface area (Å²) in [5, 5.41) is 3.72. The van der Waals surface area contributed by atoms with E-state index in [4.69, 9.17) is 14.2 Å². The highest BCUT2D eigenvalue weighted by Gasteiger charge is 2.28. The monoisotopic (exact) mass is 343 g/mol. The van der Waals surface area contributed by atoms with Crippen LogP contribution >= 0.6 is 0 Å². The standard InChI is InChI=1S/C19H25N3O3/c1-22-8-7-20-19(22)17(14-5-9-23-10-6-14)21-13-15-3-2-4-16-18(15)25-12-11-24-16/h2-4,7-8,14,17,21H,5-6,9-13H2,1H3/t17-/m1/s1. The van der Waals surface area contributed by atoms with Crippen molar-refractivity contribution in [3.63, 3.8) is 0 Å². The summed E-state index contributed by atoms with van der Waals surface area (Å²) in [6.07, 6.45) is 5.98. The lowest BCUT2D eigenvalue weighted by Crippen LogP contribution is -2.34. The van der Waals surface area contributed by atoms with Gasteiger partial charge in [-0.15, -0.1) is 0 Å². The van der Waals surface area contributed by atoms with Crippen LogP contribution in [-0.2, 0) is 18.3 Å². The van der Waals surface area contributed by atoms with E-state index in [1.807, 2.05) is 24.5 Å². The molecule has 2 aliphatic heterocycles. The van der Waals surface area contributed by atoms with Gasteiger partial charge in [0.05, 0.1) is 6.04 Å². The number of para-hydroxylation sites is 1. The normalized spacial score (nSPS) is 18.9. The third-order valence-corrected chi connectivity index (χ3v) is 5.03. The van der Waals surface area contributed by atoms with E-state index in [1.54, 1.807) is 0 Å². The van der Waals surface area contributed by atoms with Crippen LogP contribution in [0.2, 0.25) is 0 Å². The Balaban J connectivity index is 1.54. The van der Waals surface area contributed by atoms with Gasteiger partial charge >= 0.3 is 0 Å². The molecule has 134 valence electrons. The zero-order valence-electron chi connectivity index (χ0n) is 14.6. The maximum absolute atomic E-state index is 5.84. The van der Waals surface area contributed by atoms with Crippen molar-refractivity contribution in [3.8, 4) is 11.5 Å². The highest BCUT2D eigenvalue weighted by molar-refractivity contribution is 5.47. The molecule has 6 heteroatoms. The fourth-order valence-corrected chi connectivity index (χ4v) is 3.69. The minimum atomic E-state index is 0.198. The van der Waals surface area contributed by atoms with Gasteiger partial charge in [0.2, 0.25) is 0 Å². The van der Waals surface area contributed by atoms with Gasteiger partial charge in [-0.1, -0.05) is 12.1 Å². The van der Waals surface area contributed by atoms with E-state index in [0.717, 1.165) is 55.5 Å². The number of ether oxygens (including phenoxy) is 3. The first kappa shape index (κ1) is 16.4. The zero-order chi connectivity index (χ0) is 17.1. The average Bonchev–Trinajstić information content (AvgIpc) is 3.09.